The van der Waals surface area contributed by atoms with E-state index in [-0.39, 0.29) is 5.91 Å². The zero-order valence-corrected chi connectivity index (χ0v) is 14.8. The Labute approximate surface area is 146 Å². The summed E-state index contributed by atoms with van der Waals surface area (Å²) in [5, 5.41) is 0.730. The molecule has 6 heteroatoms. The summed E-state index contributed by atoms with van der Waals surface area (Å²) in [5.41, 5.74) is 0.796. The highest BCUT2D eigenvalue weighted by atomic mass is 32.1. The summed E-state index contributed by atoms with van der Waals surface area (Å²) >= 11 is 1.42. The van der Waals surface area contributed by atoms with Gasteiger partial charge in [-0.1, -0.05) is 12.8 Å². The molecule has 1 aliphatic carbocycles. The number of amides is 1. The van der Waals surface area contributed by atoms with E-state index in [1.165, 1.54) is 37.0 Å². The molecule has 0 spiro atoms. The van der Waals surface area contributed by atoms with Crippen LogP contribution in [-0.4, -0.2) is 38.3 Å². The number of carbonyl (C=O) groups excluding carboxylic acids is 1. The number of likely N-dealkylation sites (tertiary alicyclic amines) is 1. The molecular formula is C18H22N4OS. The van der Waals surface area contributed by atoms with Crippen molar-refractivity contribution in [2.75, 3.05) is 6.54 Å². The average molecular weight is 342 g/mol. The second-order valence-corrected chi connectivity index (χ2v) is 7.76. The van der Waals surface area contributed by atoms with E-state index in [1.54, 1.807) is 18.5 Å². The van der Waals surface area contributed by atoms with Crippen LogP contribution < -0.4 is 0 Å². The normalized spacial score (nSPS) is 21.5. The number of thiazole rings is 1. The predicted molar refractivity (Wildman–Crippen MR) is 93.9 cm³/mol. The Morgan fingerprint density at radius 2 is 1.92 bits per heavy atom. The first kappa shape index (κ1) is 15.7. The van der Waals surface area contributed by atoms with Crippen LogP contribution in [0.25, 0.3) is 10.8 Å². The molecule has 1 aliphatic heterocycles. The number of aromatic nitrogens is 3. The Bertz CT molecular complexity index is 724. The number of nitrogens with zero attached hydrogens (tertiary/aromatic N) is 4. The molecule has 1 saturated carbocycles. The van der Waals surface area contributed by atoms with Gasteiger partial charge in [0.25, 0.3) is 5.91 Å². The van der Waals surface area contributed by atoms with Gasteiger partial charge in [-0.15, -0.1) is 11.3 Å². The SMILES string of the molecule is Cc1nc(-c2ncccn2)sc1C(=O)N1CCC[C@H]1C1CCCC1. The molecule has 2 fully saturated rings. The van der Waals surface area contributed by atoms with Gasteiger partial charge in [-0.2, -0.15) is 0 Å². The molecule has 2 aromatic rings. The zero-order chi connectivity index (χ0) is 16.5. The van der Waals surface area contributed by atoms with Gasteiger partial charge in [0, 0.05) is 25.0 Å². The molecule has 0 unspecified atom stereocenters. The van der Waals surface area contributed by atoms with Gasteiger partial charge in [0.05, 0.1) is 5.69 Å². The fourth-order valence-corrected chi connectivity index (χ4v) is 5.08. The smallest absolute Gasteiger partial charge is 0.266 e. The van der Waals surface area contributed by atoms with Crippen molar-refractivity contribution in [1.82, 2.24) is 19.9 Å². The lowest BCUT2D eigenvalue weighted by Crippen LogP contribution is -2.39. The second-order valence-electron chi connectivity index (χ2n) is 6.76. The number of rotatable bonds is 3. The van der Waals surface area contributed by atoms with E-state index in [1.807, 2.05) is 6.92 Å². The highest BCUT2D eigenvalue weighted by Crippen LogP contribution is 2.37. The van der Waals surface area contributed by atoms with Crippen LogP contribution in [0.3, 0.4) is 0 Å². The van der Waals surface area contributed by atoms with Crippen molar-refractivity contribution >= 4 is 17.2 Å². The lowest BCUT2D eigenvalue weighted by molar-refractivity contribution is 0.0693. The quantitative estimate of drug-likeness (QED) is 0.853. The minimum absolute atomic E-state index is 0.154. The van der Waals surface area contributed by atoms with E-state index in [9.17, 15) is 4.79 Å². The molecule has 24 heavy (non-hydrogen) atoms. The lowest BCUT2D eigenvalue weighted by atomic mass is 9.96. The molecule has 0 bridgehead atoms. The third-order valence-electron chi connectivity index (χ3n) is 5.25. The van der Waals surface area contributed by atoms with Crippen LogP contribution in [0.4, 0.5) is 0 Å². The summed E-state index contributed by atoms with van der Waals surface area (Å²) in [4.78, 5) is 29.0. The van der Waals surface area contributed by atoms with Crippen LogP contribution in [0.5, 0.6) is 0 Å². The Balaban J connectivity index is 1.59. The molecule has 2 aromatic heterocycles. The van der Waals surface area contributed by atoms with Crippen LogP contribution in [0.2, 0.25) is 0 Å². The van der Waals surface area contributed by atoms with Gasteiger partial charge in [-0.3, -0.25) is 4.79 Å². The van der Waals surface area contributed by atoms with Crippen molar-refractivity contribution in [3.05, 3.63) is 29.0 Å². The van der Waals surface area contributed by atoms with Gasteiger partial charge in [-0.05, 0) is 44.6 Å². The van der Waals surface area contributed by atoms with Crippen LogP contribution in [0.1, 0.15) is 53.9 Å². The van der Waals surface area contributed by atoms with E-state index < -0.39 is 0 Å². The molecule has 2 aliphatic rings. The van der Waals surface area contributed by atoms with E-state index >= 15 is 0 Å². The zero-order valence-electron chi connectivity index (χ0n) is 13.9. The molecule has 0 N–H and O–H groups in total. The van der Waals surface area contributed by atoms with E-state index in [0.29, 0.717) is 17.8 Å². The van der Waals surface area contributed by atoms with Gasteiger partial charge in [0.1, 0.15) is 4.88 Å². The van der Waals surface area contributed by atoms with Crippen molar-refractivity contribution in [3.63, 3.8) is 0 Å². The average Bonchev–Trinajstić information content (AvgIpc) is 3.35. The second kappa shape index (κ2) is 6.59. The fourth-order valence-electron chi connectivity index (χ4n) is 4.11. The van der Waals surface area contributed by atoms with Crippen molar-refractivity contribution in [1.29, 1.82) is 0 Å². The fraction of sp³-hybridized carbons (Fsp3) is 0.556. The number of hydrogen-bond acceptors (Lipinski definition) is 5. The van der Waals surface area contributed by atoms with Crippen LogP contribution in [0, 0.1) is 12.8 Å². The molecular weight excluding hydrogens is 320 g/mol. The summed E-state index contributed by atoms with van der Waals surface area (Å²) in [6.07, 6.45) is 10.9. The van der Waals surface area contributed by atoms with Crippen LogP contribution in [0.15, 0.2) is 18.5 Å². The largest absolute Gasteiger partial charge is 0.335 e. The molecule has 1 amide bonds. The van der Waals surface area contributed by atoms with Crippen molar-refractivity contribution in [2.45, 2.75) is 51.5 Å². The first-order chi connectivity index (χ1) is 11.7. The maximum absolute atomic E-state index is 13.1. The predicted octanol–water partition coefficient (Wildman–Crippen LogP) is 3.70. The molecule has 126 valence electrons. The summed E-state index contributed by atoms with van der Waals surface area (Å²) in [7, 11) is 0. The van der Waals surface area contributed by atoms with Gasteiger partial charge >= 0.3 is 0 Å². The molecule has 4 rings (SSSR count). The number of aryl methyl sites for hydroxylation is 1. The minimum Gasteiger partial charge on any atom is -0.335 e. The molecule has 1 atom stereocenters. The lowest BCUT2D eigenvalue weighted by Gasteiger charge is -2.29. The summed E-state index contributed by atoms with van der Waals surface area (Å²) in [6.45, 7) is 2.80. The number of carbonyl (C=O) groups is 1. The summed E-state index contributed by atoms with van der Waals surface area (Å²) in [6, 6.07) is 2.21. The third-order valence-corrected chi connectivity index (χ3v) is 6.39. The number of hydrogen-bond donors (Lipinski definition) is 0. The monoisotopic (exact) mass is 342 g/mol. The Morgan fingerprint density at radius 1 is 1.17 bits per heavy atom. The third kappa shape index (κ3) is 2.83. The molecule has 3 heterocycles. The van der Waals surface area contributed by atoms with Gasteiger partial charge < -0.3 is 4.90 Å². The maximum Gasteiger partial charge on any atom is 0.266 e. The first-order valence-corrected chi connectivity index (χ1v) is 9.61. The Kier molecular flexibility index (Phi) is 4.31. The van der Waals surface area contributed by atoms with Crippen LogP contribution in [-0.2, 0) is 0 Å². The first-order valence-electron chi connectivity index (χ1n) is 8.80. The molecule has 0 aromatic carbocycles. The minimum atomic E-state index is 0.154. The van der Waals surface area contributed by atoms with Gasteiger partial charge in [-0.25, -0.2) is 15.0 Å². The van der Waals surface area contributed by atoms with E-state index in [4.69, 9.17) is 0 Å². The Morgan fingerprint density at radius 3 is 2.67 bits per heavy atom. The van der Waals surface area contributed by atoms with Gasteiger partial charge in [0.15, 0.2) is 10.8 Å². The molecule has 5 nitrogen and oxygen atoms in total. The van der Waals surface area contributed by atoms with E-state index in [0.717, 1.165) is 35.0 Å². The highest BCUT2D eigenvalue weighted by Gasteiger charge is 2.37. The van der Waals surface area contributed by atoms with Crippen molar-refractivity contribution in [3.8, 4) is 10.8 Å². The van der Waals surface area contributed by atoms with Crippen molar-refractivity contribution in [2.24, 2.45) is 5.92 Å². The van der Waals surface area contributed by atoms with E-state index in [2.05, 4.69) is 19.9 Å². The topological polar surface area (TPSA) is 59.0 Å². The van der Waals surface area contributed by atoms with Crippen molar-refractivity contribution < 1.29 is 4.79 Å². The molecule has 1 saturated heterocycles. The highest BCUT2D eigenvalue weighted by molar-refractivity contribution is 7.17. The molecule has 0 radical (unpaired) electrons. The summed E-state index contributed by atoms with van der Waals surface area (Å²) < 4.78 is 0. The Hall–Kier alpha value is -1.82. The van der Waals surface area contributed by atoms with Crippen LogP contribution >= 0.6 is 11.3 Å². The summed E-state index contributed by atoms with van der Waals surface area (Å²) in [5.74, 6) is 1.45. The standard InChI is InChI=1S/C18H22N4OS/c1-12-15(24-17(21-12)16-19-9-5-10-20-16)18(23)22-11-4-8-14(22)13-6-2-3-7-13/h5,9-10,13-14H,2-4,6-8,11H2,1H3/t14-/m0/s1. The maximum atomic E-state index is 13.1. The van der Waals surface area contributed by atoms with Gasteiger partial charge in [0.2, 0.25) is 0 Å².